The quantitative estimate of drug-likeness (QED) is 0.256. The molecule has 0 radical (unpaired) electrons. The fourth-order valence-corrected chi connectivity index (χ4v) is 4.69. The second kappa shape index (κ2) is 10.1. The van der Waals surface area contributed by atoms with Gasteiger partial charge in [0.1, 0.15) is 18.0 Å². The molecule has 5 rings (SSSR count). The molecule has 188 valence electrons. The largest absolute Gasteiger partial charge is 0.490 e. The number of ether oxygens (including phenoxy) is 2. The topological polar surface area (TPSA) is 69.0 Å². The molecule has 1 amide bonds. The highest BCUT2D eigenvalue weighted by molar-refractivity contribution is 6.31. The van der Waals surface area contributed by atoms with E-state index in [4.69, 9.17) is 25.5 Å². The minimum atomic E-state index is -0.778. The van der Waals surface area contributed by atoms with Crippen LogP contribution in [0.2, 0.25) is 5.02 Å². The van der Waals surface area contributed by atoms with Gasteiger partial charge in [0.25, 0.3) is 5.91 Å². The number of hydrogen-bond acceptors (Lipinski definition) is 5. The van der Waals surface area contributed by atoms with Crippen LogP contribution in [0.3, 0.4) is 0 Å². The van der Waals surface area contributed by atoms with Crippen molar-refractivity contribution < 1.29 is 23.1 Å². The number of nitrogens with zero attached hydrogens (tertiary/aromatic N) is 1. The number of amides is 1. The van der Waals surface area contributed by atoms with Crippen LogP contribution in [0.1, 0.15) is 40.2 Å². The second-order valence-corrected chi connectivity index (χ2v) is 8.95. The van der Waals surface area contributed by atoms with Crippen LogP contribution in [0, 0.1) is 5.82 Å². The van der Waals surface area contributed by atoms with E-state index in [2.05, 4.69) is 6.58 Å². The Morgan fingerprint density at radius 2 is 1.84 bits per heavy atom. The average molecular weight is 520 g/mol. The first-order valence-corrected chi connectivity index (χ1v) is 12.1. The lowest BCUT2D eigenvalue weighted by Crippen LogP contribution is -2.29. The fraction of sp³-hybridized carbons (Fsp3) is 0.172. The third-order valence-corrected chi connectivity index (χ3v) is 6.37. The minimum absolute atomic E-state index is 0.0307. The standard InChI is InChI=1S/C29H23ClFNO5/c1-3-13-36-23-11-7-18(14-24(23)35-4-2)26-25-27(33)21-15-19(30)8-12-22(21)37-28(25)29(34)32(26)16-17-5-9-20(31)10-6-17/h3,5-12,14-15,26H,1,4,13,16H2,2H3. The van der Waals surface area contributed by atoms with Crippen LogP contribution >= 0.6 is 11.6 Å². The summed E-state index contributed by atoms with van der Waals surface area (Å²) in [6.07, 6.45) is 1.63. The van der Waals surface area contributed by atoms with Crippen LogP contribution in [0.4, 0.5) is 4.39 Å². The number of carbonyl (C=O) groups is 1. The summed E-state index contributed by atoms with van der Waals surface area (Å²) in [5.74, 6) is 0.128. The molecule has 1 aliphatic rings. The lowest BCUT2D eigenvalue weighted by atomic mass is 9.97. The molecule has 1 unspecified atom stereocenters. The van der Waals surface area contributed by atoms with E-state index in [0.29, 0.717) is 34.3 Å². The van der Waals surface area contributed by atoms with Crippen LogP contribution in [0.5, 0.6) is 11.5 Å². The molecule has 0 spiro atoms. The molecule has 6 nitrogen and oxygen atoms in total. The Morgan fingerprint density at radius 3 is 2.57 bits per heavy atom. The van der Waals surface area contributed by atoms with E-state index in [0.717, 1.165) is 0 Å². The Kier molecular flexibility index (Phi) is 6.72. The Labute approximate surface area is 217 Å². The van der Waals surface area contributed by atoms with E-state index >= 15 is 0 Å². The molecule has 0 bridgehead atoms. The summed E-state index contributed by atoms with van der Waals surface area (Å²) in [5.41, 5.74) is 1.47. The Hall–Kier alpha value is -4.10. The highest BCUT2D eigenvalue weighted by Crippen LogP contribution is 2.42. The molecule has 37 heavy (non-hydrogen) atoms. The van der Waals surface area contributed by atoms with Crippen molar-refractivity contribution in [3.05, 3.63) is 117 Å². The van der Waals surface area contributed by atoms with E-state index in [-0.39, 0.29) is 46.7 Å². The van der Waals surface area contributed by atoms with Crippen molar-refractivity contribution in [2.75, 3.05) is 13.2 Å². The van der Waals surface area contributed by atoms with Crippen molar-refractivity contribution >= 4 is 28.5 Å². The van der Waals surface area contributed by atoms with Crippen molar-refractivity contribution in [1.29, 1.82) is 0 Å². The lowest BCUT2D eigenvalue weighted by Gasteiger charge is -2.26. The van der Waals surface area contributed by atoms with Crippen LogP contribution in [0.15, 0.2) is 82.5 Å². The summed E-state index contributed by atoms with van der Waals surface area (Å²) in [6.45, 7) is 6.33. The Morgan fingerprint density at radius 1 is 1.05 bits per heavy atom. The van der Waals surface area contributed by atoms with Crippen molar-refractivity contribution in [3.63, 3.8) is 0 Å². The summed E-state index contributed by atoms with van der Waals surface area (Å²) in [4.78, 5) is 28.9. The molecule has 1 aromatic heterocycles. The van der Waals surface area contributed by atoms with Crippen molar-refractivity contribution in [3.8, 4) is 11.5 Å². The number of rotatable bonds is 8. The van der Waals surface area contributed by atoms with Gasteiger partial charge in [-0.25, -0.2) is 4.39 Å². The van der Waals surface area contributed by atoms with Gasteiger partial charge in [-0.15, -0.1) is 0 Å². The SMILES string of the molecule is C=CCOc1ccc(C2c3c(oc4ccc(Cl)cc4c3=O)C(=O)N2Cc2ccc(F)cc2)cc1OCC. The van der Waals surface area contributed by atoms with E-state index < -0.39 is 11.9 Å². The molecule has 0 fully saturated rings. The minimum Gasteiger partial charge on any atom is -0.490 e. The third-order valence-electron chi connectivity index (χ3n) is 6.13. The molecule has 2 heterocycles. The maximum absolute atomic E-state index is 13.7. The van der Waals surface area contributed by atoms with Crippen LogP contribution in [0.25, 0.3) is 11.0 Å². The molecule has 0 aliphatic carbocycles. The molecular formula is C29H23ClFNO5. The van der Waals surface area contributed by atoms with Gasteiger partial charge in [0, 0.05) is 11.6 Å². The van der Waals surface area contributed by atoms with Crippen LogP contribution in [-0.2, 0) is 6.54 Å². The van der Waals surface area contributed by atoms with E-state index in [1.54, 1.807) is 53.4 Å². The maximum atomic E-state index is 13.7. The summed E-state index contributed by atoms with van der Waals surface area (Å²) < 4.78 is 31.0. The van der Waals surface area contributed by atoms with Crippen molar-refractivity contribution in [1.82, 2.24) is 4.90 Å². The predicted molar refractivity (Wildman–Crippen MR) is 139 cm³/mol. The number of carbonyl (C=O) groups excluding carboxylic acids is 1. The first kappa shape index (κ1) is 24.6. The molecule has 8 heteroatoms. The Bertz CT molecular complexity index is 1560. The van der Waals surface area contributed by atoms with Gasteiger partial charge >= 0.3 is 0 Å². The zero-order valence-corrected chi connectivity index (χ0v) is 20.8. The van der Waals surface area contributed by atoms with E-state index in [9.17, 15) is 14.0 Å². The number of hydrogen-bond donors (Lipinski definition) is 0. The summed E-state index contributed by atoms with van der Waals surface area (Å²) in [7, 11) is 0. The summed E-state index contributed by atoms with van der Waals surface area (Å²) in [6, 6.07) is 15.1. The van der Waals surface area contributed by atoms with Crippen LogP contribution < -0.4 is 14.9 Å². The van der Waals surface area contributed by atoms with Gasteiger partial charge in [-0.05, 0) is 60.5 Å². The molecule has 1 atom stereocenters. The molecule has 0 saturated carbocycles. The zero-order chi connectivity index (χ0) is 26.1. The molecule has 0 saturated heterocycles. The first-order chi connectivity index (χ1) is 17.9. The number of fused-ring (bicyclic) bond motifs is 2. The molecular weight excluding hydrogens is 497 g/mol. The zero-order valence-electron chi connectivity index (χ0n) is 20.0. The monoisotopic (exact) mass is 519 g/mol. The molecule has 4 aromatic rings. The molecule has 3 aromatic carbocycles. The van der Waals surface area contributed by atoms with Gasteiger partial charge in [-0.1, -0.05) is 42.5 Å². The van der Waals surface area contributed by atoms with Crippen molar-refractivity contribution in [2.45, 2.75) is 19.5 Å². The Balaban J connectivity index is 1.69. The van der Waals surface area contributed by atoms with E-state index in [1.807, 2.05) is 6.92 Å². The highest BCUT2D eigenvalue weighted by Gasteiger charge is 2.43. The maximum Gasteiger partial charge on any atom is 0.291 e. The summed E-state index contributed by atoms with van der Waals surface area (Å²) >= 11 is 6.16. The highest BCUT2D eigenvalue weighted by atomic mass is 35.5. The van der Waals surface area contributed by atoms with Gasteiger partial charge < -0.3 is 18.8 Å². The molecule has 1 aliphatic heterocycles. The van der Waals surface area contributed by atoms with E-state index in [1.165, 1.54) is 18.2 Å². The summed E-state index contributed by atoms with van der Waals surface area (Å²) in [5, 5.41) is 0.662. The van der Waals surface area contributed by atoms with Gasteiger partial charge in [0.2, 0.25) is 5.76 Å². The molecule has 0 N–H and O–H groups in total. The number of halogens is 2. The van der Waals surface area contributed by atoms with Gasteiger partial charge in [-0.2, -0.15) is 0 Å². The number of benzene rings is 3. The fourth-order valence-electron chi connectivity index (χ4n) is 4.52. The van der Waals surface area contributed by atoms with Gasteiger partial charge in [-0.3, -0.25) is 9.59 Å². The normalized spacial score (nSPS) is 14.6. The third kappa shape index (κ3) is 4.58. The van der Waals surface area contributed by atoms with Crippen molar-refractivity contribution in [2.24, 2.45) is 0 Å². The van der Waals surface area contributed by atoms with Gasteiger partial charge in [0.05, 0.1) is 23.6 Å². The second-order valence-electron chi connectivity index (χ2n) is 8.52. The van der Waals surface area contributed by atoms with Gasteiger partial charge in [0.15, 0.2) is 16.9 Å². The first-order valence-electron chi connectivity index (χ1n) is 11.7. The average Bonchev–Trinajstić information content (AvgIpc) is 3.16. The predicted octanol–water partition coefficient (Wildman–Crippen LogP) is 6.29. The smallest absolute Gasteiger partial charge is 0.291 e. The lowest BCUT2D eigenvalue weighted by molar-refractivity contribution is 0.0714. The van der Waals surface area contributed by atoms with Crippen LogP contribution in [-0.4, -0.2) is 24.0 Å².